The zero-order chi connectivity index (χ0) is 13.9. The predicted octanol–water partition coefficient (Wildman–Crippen LogP) is 1.14. The van der Waals surface area contributed by atoms with Crippen molar-refractivity contribution in [1.29, 1.82) is 0 Å². The number of sulfone groups is 1. The Morgan fingerprint density at radius 2 is 2.06 bits per heavy atom. The van der Waals surface area contributed by atoms with E-state index in [0.717, 1.165) is 6.26 Å². The quantitative estimate of drug-likeness (QED) is 0.814. The van der Waals surface area contributed by atoms with Crippen LogP contribution >= 0.6 is 0 Å². The normalized spacial score (nSPS) is 13.3. The van der Waals surface area contributed by atoms with Crippen LogP contribution in [0.4, 0.5) is 11.4 Å². The lowest BCUT2D eigenvalue weighted by Gasteiger charge is -2.24. The lowest BCUT2D eigenvalue weighted by atomic mass is 10.2. The molecule has 0 fully saturated rings. The van der Waals surface area contributed by atoms with E-state index >= 15 is 0 Å². The fourth-order valence-corrected chi connectivity index (χ4v) is 2.58. The average Bonchev–Trinajstić information content (AvgIpc) is 2.27. The van der Waals surface area contributed by atoms with Gasteiger partial charge in [-0.05, 0) is 19.1 Å². The van der Waals surface area contributed by atoms with E-state index in [0.29, 0.717) is 12.2 Å². The Bertz CT molecular complexity index is 514. The van der Waals surface area contributed by atoms with Gasteiger partial charge in [-0.2, -0.15) is 0 Å². The molecule has 6 heteroatoms. The summed E-state index contributed by atoms with van der Waals surface area (Å²) in [7, 11) is 0.182. The minimum Gasteiger partial charge on any atom is -0.396 e. The van der Waals surface area contributed by atoms with Gasteiger partial charge in [0.05, 0.1) is 22.4 Å². The second kappa shape index (κ2) is 5.58. The van der Waals surface area contributed by atoms with Crippen LogP contribution in [-0.4, -0.2) is 41.5 Å². The third-order valence-corrected chi connectivity index (χ3v) is 3.94. The van der Waals surface area contributed by atoms with Gasteiger partial charge in [0, 0.05) is 27.0 Å². The number of nitrogen functional groups attached to an aromatic ring is 1. The molecule has 0 aliphatic heterocycles. The van der Waals surface area contributed by atoms with E-state index in [1.165, 1.54) is 6.07 Å². The van der Waals surface area contributed by atoms with Crippen LogP contribution in [0.1, 0.15) is 6.92 Å². The maximum Gasteiger partial charge on any atom is 0.177 e. The summed E-state index contributed by atoms with van der Waals surface area (Å²) in [6.45, 7) is 2.57. The van der Waals surface area contributed by atoms with Crippen LogP contribution in [0, 0.1) is 0 Å². The Hall–Kier alpha value is -1.27. The summed E-state index contributed by atoms with van der Waals surface area (Å²) in [6, 6.07) is 5.00. The minimum absolute atomic E-state index is 0.0382. The summed E-state index contributed by atoms with van der Waals surface area (Å²) < 4.78 is 28.3. The van der Waals surface area contributed by atoms with Gasteiger partial charge in [0.25, 0.3) is 0 Å². The molecule has 102 valence electrons. The number of para-hydroxylation sites is 1. The number of benzene rings is 1. The van der Waals surface area contributed by atoms with Gasteiger partial charge in [-0.15, -0.1) is 0 Å². The van der Waals surface area contributed by atoms with Gasteiger partial charge < -0.3 is 15.4 Å². The topological polar surface area (TPSA) is 72.6 Å². The number of hydrogen-bond acceptors (Lipinski definition) is 5. The first-order chi connectivity index (χ1) is 8.27. The van der Waals surface area contributed by atoms with Crippen molar-refractivity contribution in [3.63, 3.8) is 0 Å². The van der Waals surface area contributed by atoms with Gasteiger partial charge in [0.2, 0.25) is 0 Å². The van der Waals surface area contributed by atoms with Gasteiger partial charge in [-0.3, -0.25) is 0 Å². The number of methoxy groups -OCH3 is 1. The van der Waals surface area contributed by atoms with Crippen molar-refractivity contribution < 1.29 is 13.2 Å². The van der Waals surface area contributed by atoms with Gasteiger partial charge in [0.15, 0.2) is 9.84 Å². The van der Waals surface area contributed by atoms with Crippen molar-refractivity contribution in [2.24, 2.45) is 0 Å². The molecule has 0 radical (unpaired) electrons. The highest BCUT2D eigenvalue weighted by molar-refractivity contribution is 7.90. The molecule has 1 aromatic rings. The second-order valence-electron chi connectivity index (χ2n) is 4.39. The molecular weight excluding hydrogens is 252 g/mol. The van der Waals surface area contributed by atoms with Crippen molar-refractivity contribution in [2.45, 2.75) is 17.9 Å². The Kier molecular flexibility index (Phi) is 4.59. The lowest BCUT2D eigenvalue weighted by molar-refractivity contribution is 0.124. The molecule has 18 heavy (non-hydrogen) atoms. The van der Waals surface area contributed by atoms with Gasteiger partial charge in [0.1, 0.15) is 0 Å². The van der Waals surface area contributed by atoms with Crippen LogP contribution in [0.2, 0.25) is 0 Å². The zero-order valence-electron chi connectivity index (χ0n) is 11.2. The third kappa shape index (κ3) is 3.36. The van der Waals surface area contributed by atoms with Crippen molar-refractivity contribution >= 4 is 21.2 Å². The zero-order valence-corrected chi connectivity index (χ0v) is 12.0. The number of anilines is 2. The molecule has 1 unspecified atom stereocenters. The molecule has 0 bridgehead atoms. The highest BCUT2D eigenvalue weighted by Gasteiger charge is 2.16. The van der Waals surface area contributed by atoms with E-state index < -0.39 is 9.84 Å². The summed E-state index contributed by atoms with van der Waals surface area (Å²) in [5, 5.41) is 0. The van der Waals surface area contributed by atoms with Crippen molar-refractivity contribution in [3.8, 4) is 0 Å². The first-order valence-electron chi connectivity index (χ1n) is 5.59. The monoisotopic (exact) mass is 272 g/mol. The highest BCUT2D eigenvalue weighted by atomic mass is 32.2. The van der Waals surface area contributed by atoms with Crippen LogP contribution in [0.15, 0.2) is 23.1 Å². The molecule has 5 nitrogen and oxygen atoms in total. The van der Waals surface area contributed by atoms with Gasteiger partial charge in [-0.25, -0.2) is 8.42 Å². The molecule has 0 saturated heterocycles. The minimum atomic E-state index is -3.31. The number of rotatable bonds is 5. The molecule has 0 heterocycles. The smallest absolute Gasteiger partial charge is 0.177 e. The Morgan fingerprint density at radius 3 is 2.56 bits per heavy atom. The summed E-state index contributed by atoms with van der Waals surface area (Å²) in [6.07, 6.45) is 1.19. The standard InChI is InChI=1S/C12H20N2O3S/c1-9(17-3)8-14(2)10-6-5-7-11(12(10)13)18(4,15)16/h5-7,9H,8,13H2,1-4H3. The molecule has 0 spiro atoms. The van der Waals surface area contributed by atoms with E-state index in [2.05, 4.69) is 0 Å². The van der Waals surface area contributed by atoms with E-state index in [9.17, 15) is 8.42 Å². The lowest BCUT2D eigenvalue weighted by Crippen LogP contribution is -2.29. The second-order valence-corrected chi connectivity index (χ2v) is 6.37. The summed E-state index contributed by atoms with van der Waals surface area (Å²) >= 11 is 0. The Balaban J connectivity index is 3.12. The summed E-state index contributed by atoms with van der Waals surface area (Å²) in [5.41, 5.74) is 6.91. The van der Waals surface area contributed by atoms with Crippen LogP contribution in [0.25, 0.3) is 0 Å². The molecule has 0 aliphatic rings. The van der Waals surface area contributed by atoms with E-state index in [4.69, 9.17) is 10.5 Å². The van der Waals surface area contributed by atoms with Crippen molar-refractivity contribution in [2.75, 3.05) is 37.6 Å². The fraction of sp³-hybridized carbons (Fsp3) is 0.500. The molecular formula is C12H20N2O3S. The van der Waals surface area contributed by atoms with E-state index in [1.807, 2.05) is 18.9 Å². The first-order valence-corrected chi connectivity index (χ1v) is 7.49. The number of hydrogen-bond donors (Lipinski definition) is 1. The first kappa shape index (κ1) is 14.8. The number of likely N-dealkylation sites (N-methyl/N-ethyl adjacent to an activating group) is 1. The van der Waals surface area contributed by atoms with E-state index in [-0.39, 0.29) is 16.7 Å². The van der Waals surface area contributed by atoms with Crippen molar-refractivity contribution in [1.82, 2.24) is 0 Å². The maximum absolute atomic E-state index is 11.6. The molecule has 1 atom stereocenters. The predicted molar refractivity (Wildman–Crippen MR) is 73.7 cm³/mol. The van der Waals surface area contributed by atoms with Gasteiger partial charge >= 0.3 is 0 Å². The number of nitrogens with zero attached hydrogens (tertiary/aromatic N) is 1. The van der Waals surface area contributed by atoms with Crippen molar-refractivity contribution in [3.05, 3.63) is 18.2 Å². The maximum atomic E-state index is 11.6. The van der Waals surface area contributed by atoms with Crippen LogP contribution in [-0.2, 0) is 14.6 Å². The van der Waals surface area contributed by atoms with Gasteiger partial charge in [-0.1, -0.05) is 6.07 Å². The molecule has 0 aliphatic carbocycles. The Labute approximate surface area is 108 Å². The van der Waals surface area contributed by atoms with Crippen LogP contribution in [0.3, 0.4) is 0 Å². The largest absolute Gasteiger partial charge is 0.396 e. The number of ether oxygens (including phenoxy) is 1. The van der Waals surface area contributed by atoms with Crippen LogP contribution < -0.4 is 10.6 Å². The molecule has 0 aromatic heterocycles. The number of nitrogens with two attached hydrogens (primary N) is 1. The molecule has 0 saturated carbocycles. The molecule has 2 N–H and O–H groups in total. The molecule has 1 aromatic carbocycles. The SMILES string of the molecule is COC(C)CN(C)c1cccc(S(C)(=O)=O)c1N. The summed E-state index contributed by atoms with van der Waals surface area (Å²) in [5.74, 6) is 0. The molecule has 1 rings (SSSR count). The molecule has 0 amide bonds. The average molecular weight is 272 g/mol. The fourth-order valence-electron chi connectivity index (χ4n) is 1.75. The highest BCUT2D eigenvalue weighted by Crippen LogP contribution is 2.29. The third-order valence-electron chi connectivity index (χ3n) is 2.79. The Morgan fingerprint density at radius 1 is 1.44 bits per heavy atom. The van der Waals surface area contributed by atoms with E-state index in [1.54, 1.807) is 19.2 Å². The summed E-state index contributed by atoms with van der Waals surface area (Å²) in [4.78, 5) is 2.05. The van der Waals surface area contributed by atoms with Crippen LogP contribution in [0.5, 0.6) is 0 Å².